The van der Waals surface area contributed by atoms with E-state index >= 15 is 0 Å². The second kappa shape index (κ2) is 6.44. The summed E-state index contributed by atoms with van der Waals surface area (Å²) in [6, 6.07) is 2.13. The first-order valence-corrected chi connectivity index (χ1v) is 5.76. The molecule has 0 N–H and O–H groups in total. The normalized spacial score (nSPS) is 14.1. The lowest BCUT2D eigenvalue weighted by Crippen LogP contribution is -2.41. The molecule has 0 spiro atoms. The van der Waals surface area contributed by atoms with Crippen LogP contribution in [0.4, 0.5) is 0 Å². The number of hydrogen-bond donors (Lipinski definition) is 0. The van der Waals surface area contributed by atoms with E-state index in [4.69, 9.17) is 5.26 Å². The lowest BCUT2D eigenvalue weighted by Gasteiger charge is -2.28. The number of carbonyl (C=O) groups excluding carboxylic acids is 1. The van der Waals surface area contributed by atoms with Gasteiger partial charge in [0.1, 0.15) is 5.41 Å². The van der Waals surface area contributed by atoms with Crippen LogP contribution in [0.2, 0.25) is 0 Å². The molecule has 0 radical (unpaired) electrons. The van der Waals surface area contributed by atoms with Crippen molar-refractivity contribution in [1.29, 1.82) is 5.26 Å². The zero-order valence-electron chi connectivity index (χ0n) is 10.3. The van der Waals surface area contributed by atoms with Crippen molar-refractivity contribution >= 4 is 5.91 Å². The molecule has 0 saturated heterocycles. The molecule has 3 nitrogen and oxygen atoms in total. The van der Waals surface area contributed by atoms with Crippen molar-refractivity contribution in [3.8, 4) is 6.07 Å². The van der Waals surface area contributed by atoms with E-state index in [1.165, 1.54) is 0 Å². The maximum atomic E-state index is 12.1. The van der Waals surface area contributed by atoms with Gasteiger partial charge in [0.05, 0.1) is 6.07 Å². The summed E-state index contributed by atoms with van der Waals surface area (Å²) in [4.78, 5) is 13.9. The number of hydrogen-bond acceptors (Lipinski definition) is 2. The minimum atomic E-state index is -0.844. The van der Waals surface area contributed by atoms with E-state index in [1.807, 2.05) is 13.8 Å². The fourth-order valence-corrected chi connectivity index (χ4v) is 1.38. The van der Waals surface area contributed by atoms with Crippen LogP contribution in [-0.2, 0) is 4.79 Å². The number of nitrogens with zero attached hydrogens (tertiary/aromatic N) is 2. The predicted molar refractivity (Wildman–Crippen MR) is 61.2 cm³/mol. The summed E-state index contributed by atoms with van der Waals surface area (Å²) in [6.07, 6.45) is 2.65. The minimum absolute atomic E-state index is 0.0246. The van der Waals surface area contributed by atoms with Gasteiger partial charge in [0.25, 0.3) is 0 Å². The molecule has 0 aromatic heterocycles. The molecule has 0 fully saturated rings. The summed E-state index contributed by atoms with van der Waals surface area (Å²) in [7, 11) is 0. The quantitative estimate of drug-likeness (QED) is 0.676. The summed E-state index contributed by atoms with van der Waals surface area (Å²) < 4.78 is 0. The smallest absolute Gasteiger partial charge is 0.242 e. The van der Waals surface area contributed by atoms with Gasteiger partial charge in [-0.2, -0.15) is 5.26 Å². The topological polar surface area (TPSA) is 44.1 Å². The molecule has 1 atom stereocenters. The maximum absolute atomic E-state index is 12.1. The largest absolute Gasteiger partial charge is 0.342 e. The minimum Gasteiger partial charge on any atom is -0.342 e. The van der Waals surface area contributed by atoms with Crippen LogP contribution in [0.3, 0.4) is 0 Å². The third-order valence-electron chi connectivity index (χ3n) is 2.88. The molecule has 1 amide bonds. The monoisotopic (exact) mass is 210 g/mol. The molecule has 15 heavy (non-hydrogen) atoms. The van der Waals surface area contributed by atoms with Gasteiger partial charge in [0.2, 0.25) is 5.91 Å². The Labute approximate surface area is 93.1 Å². The van der Waals surface area contributed by atoms with Gasteiger partial charge < -0.3 is 4.90 Å². The predicted octanol–water partition coefficient (Wildman–Crippen LogP) is 2.57. The van der Waals surface area contributed by atoms with E-state index in [9.17, 15) is 4.79 Å². The van der Waals surface area contributed by atoms with Crippen molar-refractivity contribution in [2.45, 2.75) is 47.0 Å². The van der Waals surface area contributed by atoms with E-state index in [1.54, 1.807) is 11.8 Å². The van der Waals surface area contributed by atoms with E-state index in [0.29, 0.717) is 13.0 Å². The van der Waals surface area contributed by atoms with E-state index in [0.717, 1.165) is 19.4 Å². The number of unbranched alkanes of at least 4 members (excludes halogenated alkanes) is 1. The van der Waals surface area contributed by atoms with Crippen LogP contribution in [0.1, 0.15) is 47.0 Å². The number of carbonyl (C=O) groups is 1. The molecule has 1 unspecified atom stereocenters. The van der Waals surface area contributed by atoms with E-state index in [2.05, 4.69) is 13.0 Å². The molecule has 0 bridgehead atoms. The van der Waals surface area contributed by atoms with Crippen molar-refractivity contribution in [3.63, 3.8) is 0 Å². The van der Waals surface area contributed by atoms with Crippen LogP contribution in [-0.4, -0.2) is 23.9 Å². The first kappa shape index (κ1) is 14.0. The zero-order chi connectivity index (χ0) is 11.9. The highest BCUT2D eigenvalue weighted by molar-refractivity contribution is 5.85. The van der Waals surface area contributed by atoms with Gasteiger partial charge >= 0.3 is 0 Å². The Morgan fingerprint density at radius 1 is 1.40 bits per heavy atom. The third kappa shape index (κ3) is 3.54. The van der Waals surface area contributed by atoms with Crippen LogP contribution in [0.5, 0.6) is 0 Å². The molecule has 0 saturated carbocycles. The highest BCUT2D eigenvalue weighted by Crippen LogP contribution is 2.23. The fraction of sp³-hybridized carbons (Fsp3) is 0.833. The summed E-state index contributed by atoms with van der Waals surface area (Å²) in [5, 5.41) is 9.03. The molecule has 86 valence electrons. The van der Waals surface area contributed by atoms with E-state index < -0.39 is 5.41 Å². The second-order valence-electron chi connectivity index (χ2n) is 4.04. The Balaban J connectivity index is 4.57. The van der Waals surface area contributed by atoms with Gasteiger partial charge in [-0.05, 0) is 26.7 Å². The molecule has 0 rings (SSSR count). The number of rotatable bonds is 6. The van der Waals surface area contributed by atoms with Crippen molar-refractivity contribution in [2.75, 3.05) is 13.1 Å². The summed E-state index contributed by atoms with van der Waals surface area (Å²) >= 11 is 0. The SMILES string of the molecule is CCCCN(CC)C(=O)C(C)(C#N)CC. The molecule has 3 heteroatoms. The Kier molecular flexibility index (Phi) is 6.00. The zero-order valence-corrected chi connectivity index (χ0v) is 10.3. The Bertz CT molecular complexity index is 244. The molecular weight excluding hydrogens is 188 g/mol. The lowest BCUT2D eigenvalue weighted by atomic mass is 9.87. The lowest BCUT2D eigenvalue weighted by molar-refractivity contribution is -0.138. The number of amides is 1. The van der Waals surface area contributed by atoms with Crippen LogP contribution >= 0.6 is 0 Å². The van der Waals surface area contributed by atoms with Crippen molar-refractivity contribution in [1.82, 2.24) is 4.90 Å². The molecule has 0 heterocycles. The molecule has 0 aromatic carbocycles. The highest BCUT2D eigenvalue weighted by atomic mass is 16.2. The van der Waals surface area contributed by atoms with E-state index in [-0.39, 0.29) is 5.91 Å². The Morgan fingerprint density at radius 3 is 2.33 bits per heavy atom. The van der Waals surface area contributed by atoms with Gasteiger partial charge in [-0.3, -0.25) is 4.79 Å². The summed E-state index contributed by atoms with van der Waals surface area (Å²) in [5.74, 6) is -0.0246. The molecule has 0 aliphatic carbocycles. The Hall–Kier alpha value is -1.04. The van der Waals surface area contributed by atoms with Crippen LogP contribution < -0.4 is 0 Å². The fourth-order valence-electron chi connectivity index (χ4n) is 1.38. The van der Waals surface area contributed by atoms with Crippen molar-refractivity contribution < 1.29 is 4.79 Å². The molecule has 0 aliphatic heterocycles. The average Bonchev–Trinajstić information content (AvgIpc) is 2.28. The van der Waals surface area contributed by atoms with Crippen molar-refractivity contribution in [2.24, 2.45) is 5.41 Å². The van der Waals surface area contributed by atoms with Crippen LogP contribution in [0.15, 0.2) is 0 Å². The van der Waals surface area contributed by atoms with Crippen LogP contribution in [0, 0.1) is 16.7 Å². The first-order chi connectivity index (χ1) is 7.05. The standard InChI is InChI=1S/C12H22N2O/c1-5-8-9-14(7-3)11(15)12(4,6-2)10-13/h5-9H2,1-4H3. The first-order valence-electron chi connectivity index (χ1n) is 5.76. The maximum Gasteiger partial charge on any atom is 0.242 e. The van der Waals surface area contributed by atoms with Gasteiger partial charge in [-0.15, -0.1) is 0 Å². The number of nitriles is 1. The Morgan fingerprint density at radius 2 is 2.00 bits per heavy atom. The third-order valence-corrected chi connectivity index (χ3v) is 2.88. The molecule has 0 aromatic rings. The second-order valence-corrected chi connectivity index (χ2v) is 4.04. The molecule has 0 aliphatic rings. The average molecular weight is 210 g/mol. The van der Waals surface area contributed by atoms with Gasteiger partial charge in [0, 0.05) is 13.1 Å². The van der Waals surface area contributed by atoms with Crippen molar-refractivity contribution in [3.05, 3.63) is 0 Å². The summed E-state index contributed by atoms with van der Waals surface area (Å²) in [6.45, 7) is 9.13. The molecular formula is C12H22N2O. The van der Waals surface area contributed by atoms with Crippen LogP contribution in [0.25, 0.3) is 0 Å². The van der Waals surface area contributed by atoms with Gasteiger partial charge in [0.15, 0.2) is 0 Å². The highest BCUT2D eigenvalue weighted by Gasteiger charge is 2.34. The summed E-state index contributed by atoms with van der Waals surface area (Å²) in [5.41, 5.74) is -0.844. The van der Waals surface area contributed by atoms with Gasteiger partial charge in [-0.25, -0.2) is 0 Å². The van der Waals surface area contributed by atoms with Gasteiger partial charge in [-0.1, -0.05) is 20.3 Å².